The van der Waals surface area contributed by atoms with Gasteiger partial charge in [0.25, 0.3) is 20.0 Å². The second kappa shape index (κ2) is 26.5. The van der Waals surface area contributed by atoms with E-state index in [0.717, 1.165) is 62.3 Å². The van der Waals surface area contributed by atoms with E-state index in [9.17, 15) is 26.4 Å². The lowest BCUT2D eigenvalue weighted by Gasteiger charge is -2.20. The monoisotopic (exact) mass is 1250 g/mol. The number of amides is 1. The zero-order chi connectivity index (χ0) is 62.2. The maximum Gasteiger partial charge on any atom is 0.407 e. The lowest BCUT2D eigenvalue weighted by atomic mass is 9.93. The number of carbonyl (C=O) groups excluding carboxylic acids is 2. The number of nitrogens with one attached hydrogen (secondary N) is 3. The van der Waals surface area contributed by atoms with E-state index in [1.54, 1.807) is 36.4 Å². The minimum Gasteiger partial charge on any atom is -0.461 e. The van der Waals surface area contributed by atoms with Crippen LogP contribution in [0.2, 0.25) is 0 Å². The Bertz CT molecular complexity index is 4630. The van der Waals surface area contributed by atoms with Crippen LogP contribution in [0.5, 0.6) is 0 Å². The number of rotatable bonds is 20. The molecule has 9 aromatic rings. The molecule has 0 atom stereocenters. The van der Waals surface area contributed by atoms with Gasteiger partial charge in [0.2, 0.25) is 0 Å². The van der Waals surface area contributed by atoms with Crippen LogP contribution in [-0.2, 0) is 34.3 Å². The number of sulfonamides is 2. The second-order valence-corrected chi connectivity index (χ2v) is 24.4. The first-order chi connectivity index (χ1) is 43.1. The van der Waals surface area contributed by atoms with Crippen LogP contribution in [0.25, 0.3) is 77.9 Å². The average Bonchev–Trinajstić information content (AvgIpc) is 0.830. The molecular weight excluding hydrogens is 1200 g/mol. The van der Waals surface area contributed by atoms with Crippen LogP contribution in [0.4, 0.5) is 39.4 Å². The van der Waals surface area contributed by atoms with Crippen LogP contribution in [0.15, 0.2) is 255 Å². The summed E-state index contributed by atoms with van der Waals surface area (Å²) in [4.78, 5) is 24.2. The van der Waals surface area contributed by atoms with Crippen LogP contribution in [-0.4, -0.2) is 54.4 Å². The van der Waals surface area contributed by atoms with Crippen molar-refractivity contribution in [2.75, 3.05) is 30.8 Å². The predicted octanol–water partition coefficient (Wildman–Crippen LogP) is 15.6. The number of fused-ring (bicyclic) bond motifs is 2. The number of hydrogen-bond acceptors (Lipinski definition) is 12. The summed E-state index contributed by atoms with van der Waals surface area (Å²) in [6.07, 6.45) is -0.118. The van der Waals surface area contributed by atoms with E-state index in [4.69, 9.17) is 18.9 Å². The average molecular weight is 1250 g/mol. The number of halogens is 4. The van der Waals surface area contributed by atoms with Crippen LogP contribution >= 0.6 is 11.8 Å². The number of esters is 1. The Morgan fingerprint density at radius 1 is 0.551 bits per heavy atom. The molecule has 2 aliphatic rings. The van der Waals surface area contributed by atoms with E-state index in [0.29, 0.717) is 27.7 Å². The van der Waals surface area contributed by atoms with E-state index >= 15 is 17.6 Å². The van der Waals surface area contributed by atoms with Gasteiger partial charge in [-0.25, -0.2) is 49.0 Å². The molecule has 89 heavy (non-hydrogen) atoms. The predicted molar refractivity (Wildman–Crippen MR) is 336 cm³/mol. The summed E-state index contributed by atoms with van der Waals surface area (Å²) in [6, 6.07) is 66.7. The second-order valence-electron chi connectivity index (χ2n) is 19.8. The quantitative estimate of drug-likeness (QED) is 0.0126. The van der Waals surface area contributed by atoms with E-state index in [1.807, 2.05) is 158 Å². The first kappa shape index (κ1) is 60.6. The van der Waals surface area contributed by atoms with Crippen LogP contribution in [0, 0.1) is 23.3 Å². The number of alkyl carbamates (subject to hydrolysis) is 1. The molecule has 13 nitrogen and oxygen atoms in total. The molecule has 0 saturated carbocycles. The number of hydrogen-bond donors (Lipinski definition) is 3. The number of carbonyl (C=O) groups is 2. The minimum absolute atomic E-state index is 0.106. The van der Waals surface area contributed by atoms with Crippen LogP contribution in [0.1, 0.15) is 0 Å². The van der Waals surface area contributed by atoms with Gasteiger partial charge < -0.3 is 24.5 Å². The molecule has 1 aliphatic heterocycles. The van der Waals surface area contributed by atoms with Crippen molar-refractivity contribution < 1.29 is 57.9 Å². The highest BCUT2D eigenvalue weighted by atomic mass is 32.3. The molecule has 3 N–H and O–H groups in total. The van der Waals surface area contributed by atoms with Gasteiger partial charge in [0.1, 0.15) is 24.6 Å². The molecule has 11 rings (SSSR count). The lowest BCUT2D eigenvalue weighted by molar-refractivity contribution is -0.137. The highest BCUT2D eigenvalue weighted by Gasteiger charge is 2.37. The van der Waals surface area contributed by atoms with Gasteiger partial charge >= 0.3 is 12.1 Å². The summed E-state index contributed by atoms with van der Waals surface area (Å²) in [5, 5.41) is 6.67. The molecule has 0 aromatic heterocycles. The fraction of sp³-hybridized carbons (Fsp3) is 0.0580. The first-order valence-electron chi connectivity index (χ1n) is 27.5. The molecule has 1 amide bonds. The summed E-state index contributed by atoms with van der Waals surface area (Å²) in [7, 11) is -11.5. The molecule has 20 heteroatoms. The molecule has 0 unspecified atom stereocenters. The smallest absolute Gasteiger partial charge is 0.407 e. The Kier molecular flexibility index (Phi) is 18.0. The van der Waals surface area contributed by atoms with Crippen molar-refractivity contribution in [3.63, 3.8) is 0 Å². The van der Waals surface area contributed by atoms with Gasteiger partial charge in [-0.15, -0.1) is 15.9 Å². The van der Waals surface area contributed by atoms with Crippen molar-refractivity contribution in [1.29, 1.82) is 0 Å². The summed E-state index contributed by atoms with van der Waals surface area (Å²) in [6.45, 7) is 2.28. The largest absolute Gasteiger partial charge is 0.461 e. The summed E-state index contributed by atoms with van der Waals surface area (Å²) >= 11 is 0.144. The van der Waals surface area contributed by atoms with Crippen molar-refractivity contribution >= 4 is 71.9 Å². The number of ether oxygens (including phenoxy) is 2. The molecule has 0 spiro atoms. The summed E-state index contributed by atoms with van der Waals surface area (Å²) < 4.78 is 139. The molecule has 1 heterocycles. The highest BCUT2D eigenvalue weighted by molar-refractivity contribution is 8.04. The molecule has 0 radical (unpaired) electrons. The van der Waals surface area contributed by atoms with Gasteiger partial charge in [0.15, 0.2) is 28.2 Å². The third-order valence-electron chi connectivity index (χ3n) is 14.1. The van der Waals surface area contributed by atoms with E-state index in [2.05, 4.69) is 17.2 Å². The van der Waals surface area contributed by atoms with Crippen LogP contribution in [0.3, 0.4) is 0 Å². The Balaban J connectivity index is 1.01. The molecule has 0 bridgehead atoms. The molecule has 1 aliphatic carbocycles. The van der Waals surface area contributed by atoms with Gasteiger partial charge in [-0.2, -0.15) is 0 Å². The Morgan fingerprint density at radius 3 is 1.65 bits per heavy atom. The van der Waals surface area contributed by atoms with Crippen molar-refractivity contribution in [3.8, 4) is 67.0 Å². The number of benzene rings is 10. The standard InChI is InChI=1S/C69H50F4N4O9S3/c1-2-59(78)84-38-37-74-69(79)85-39-40-87-67-61(70)63(72)68(64(73)62(67)71)89(82,83)77-88(80,81)58-32-16-15-27-55(58)60-53-35-33-47(75-65-49(43-19-7-3-8-20-43)28-17-29-50(65)44-21-9-4-10-22-44)41-56(53)86-57-42-48(34-36-54(57)60)76-66-51(45-23-11-5-12-24-45)30-18-31-52(66)46-25-13-6-14-26-46/h2-36,41-42,75,77H,1,37-40H2,(H,74,79)/b76-48-. The molecule has 0 fully saturated rings. The maximum atomic E-state index is 16.0. The molecular formula is C69H50F4N4O9S3. The minimum atomic E-state index is -6.02. The van der Waals surface area contributed by atoms with Crippen molar-refractivity contribution in [1.82, 2.24) is 9.44 Å². The van der Waals surface area contributed by atoms with Crippen LogP contribution < -0.4 is 20.1 Å². The molecule has 9 aromatic carbocycles. The first-order valence-corrected chi connectivity index (χ1v) is 31.4. The highest BCUT2D eigenvalue weighted by Crippen LogP contribution is 2.46. The Labute approximate surface area is 513 Å². The summed E-state index contributed by atoms with van der Waals surface area (Å²) in [5.41, 5.74) is 9.73. The Morgan fingerprint density at radius 2 is 1.08 bits per heavy atom. The third-order valence-corrected chi connectivity index (χ3v) is 18.7. The van der Waals surface area contributed by atoms with E-state index in [-0.39, 0.29) is 47.4 Å². The van der Waals surface area contributed by atoms with Gasteiger partial charge in [-0.3, -0.25) is 0 Å². The van der Waals surface area contributed by atoms with Gasteiger partial charge in [-0.1, -0.05) is 183 Å². The number of thioether (sulfide) groups is 1. The third kappa shape index (κ3) is 13.1. The number of anilines is 2. The normalized spacial score (nSPS) is 11.8. The van der Waals surface area contributed by atoms with Gasteiger partial charge in [0.05, 0.1) is 33.1 Å². The SMILES string of the molecule is C=CC(=O)OCCNC(=O)OCCSc1c(F)c(F)c(S(=O)(=O)NS(=O)(=O)c2ccccc2-c2c3cc/c(=N/c4c(-c5ccccc5)cccc4-c4ccccc4)cc-3oc3cc(Nc4c(-c5ccccc5)cccc4-c4ccccc4)ccc23)c(F)c1F. The van der Waals surface area contributed by atoms with E-state index in [1.165, 1.54) is 22.3 Å². The topological polar surface area (TPSA) is 182 Å². The zero-order valence-electron chi connectivity index (χ0n) is 46.8. The lowest BCUT2D eigenvalue weighted by Crippen LogP contribution is -2.33. The fourth-order valence-corrected chi connectivity index (χ4v) is 14.2. The maximum absolute atomic E-state index is 16.0. The fourth-order valence-electron chi connectivity index (χ4n) is 10.1. The van der Waals surface area contributed by atoms with E-state index < -0.39 is 82.4 Å². The van der Waals surface area contributed by atoms with Crippen molar-refractivity contribution in [2.24, 2.45) is 4.99 Å². The number of para-hydroxylation sites is 2. The molecule has 446 valence electrons. The summed E-state index contributed by atoms with van der Waals surface area (Å²) in [5.74, 6) is -10.2. The molecule has 0 saturated heterocycles. The Hall–Kier alpha value is -10.1. The van der Waals surface area contributed by atoms with Crippen molar-refractivity contribution in [3.05, 3.63) is 260 Å². The zero-order valence-corrected chi connectivity index (χ0v) is 49.2. The van der Waals surface area contributed by atoms with Crippen molar-refractivity contribution in [2.45, 2.75) is 14.7 Å². The van der Waals surface area contributed by atoms with Gasteiger partial charge in [-0.05, 0) is 52.6 Å². The number of nitrogens with zero attached hydrogens (tertiary/aromatic N) is 1. The van der Waals surface area contributed by atoms with Gasteiger partial charge in [0, 0.05) is 74.0 Å².